The molecule has 0 atom stereocenters. The minimum absolute atomic E-state index is 0.0768. The predicted octanol–water partition coefficient (Wildman–Crippen LogP) is 1.84. The molecule has 0 spiro atoms. The second-order valence-electron chi connectivity index (χ2n) is 3.14. The molecular weight excluding hydrogens is 236 g/mol. The van der Waals surface area contributed by atoms with Crippen molar-refractivity contribution in [3.63, 3.8) is 0 Å². The molecule has 0 fully saturated rings. The van der Waals surface area contributed by atoms with Crippen molar-refractivity contribution in [2.45, 2.75) is 4.90 Å². The zero-order valence-corrected chi connectivity index (χ0v) is 9.96. The first-order chi connectivity index (χ1) is 6.89. The van der Waals surface area contributed by atoms with Crippen LogP contribution in [0.3, 0.4) is 0 Å². The van der Waals surface area contributed by atoms with Crippen LogP contribution in [0.15, 0.2) is 34.2 Å². The van der Waals surface area contributed by atoms with Crippen LogP contribution in [0, 0.1) is 0 Å². The summed E-state index contributed by atoms with van der Waals surface area (Å²) in [5.74, 6) is 0. The van der Waals surface area contributed by atoms with Gasteiger partial charge in [0.25, 0.3) is 9.05 Å². The molecule has 0 N–H and O–H groups in total. The first kappa shape index (κ1) is 12.0. The summed E-state index contributed by atoms with van der Waals surface area (Å²) in [6.45, 7) is 0. The number of nitrogens with zero attached hydrogens (tertiary/aromatic N) is 2. The molecule has 1 aromatic rings. The fourth-order valence-electron chi connectivity index (χ4n) is 0.877. The molecule has 1 aromatic carbocycles. The van der Waals surface area contributed by atoms with Crippen LogP contribution in [0.1, 0.15) is 0 Å². The average Bonchev–Trinajstić information content (AvgIpc) is 2.14. The molecule has 0 saturated carbocycles. The molecule has 0 aliphatic rings. The van der Waals surface area contributed by atoms with Gasteiger partial charge in [-0.2, -0.15) is 0 Å². The minimum Gasteiger partial charge on any atom is -0.369 e. The minimum atomic E-state index is -3.64. The quantitative estimate of drug-likeness (QED) is 0.465. The molecule has 0 aliphatic carbocycles. The third kappa shape index (κ3) is 3.89. The molecule has 82 valence electrons. The fourth-order valence-corrected chi connectivity index (χ4v) is 1.65. The van der Waals surface area contributed by atoms with Gasteiger partial charge >= 0.3 is 0 Å². The van der Waals surface area contributed by atoms with Gasteiger partial charge in [0.05, 0.1) is 16.9 Å². The maximum atomic E-state index is 10.9. The van der Waals surface area contributed by atoms with E-state index in [0.717, 1.165) is 0 Å². The standard InChI is InChI=1S/C9H11ClN2O2S/c1-12(2)7-11-8-3-5-9(6-4-8)15(10,13)14/h3-7H,1-2H3. The van der Waals surface area contributed by atoms with Gasteiger partial charge in [0.2, 0.25) is 0 Å². The van der Waals surface area contributed by atoms with Crippen LogP contribution in [-0.4, -0.2) is 33.8 Å². The number of aliphatic imine (C=N–C) groups is 1. The molecule has 4 nitrogen and oxygen atoms in total. The average molecular weight is 247 g/mol. The van der Waals surface area contributed by atoms with Gasteiger partial charge in [0.1, 0.15) is 0 Å². The lowest BCUT2D eigenvalue weighted by molar-refractivity contribution is 0.609. The van der Waals surface area contributed by atoms with Crippen molar-refractivity contribution in [2.75, 3.05) is 14.1 Å². The Kier molecular flexibility index (Phi) is 3.71. The Labute approximate surface area is 93.6 Å². The zero-order valence-electron chi connectivity index (χ0n) is 8.38. The summed E-state index contributed by atoms with van der Waals surface area (Å²) in [6, 6.07) is 6.03. The highest BCUT2D eigenvalue weighted by molar-refractivity contribution is 8.13. The normalized spacial score (nSPS) is 11.9. The number of hydrogen-bond donors (Lipinski definition) is 0. The van der Waals surface area contributed by atoms with Gasteiger partial charge in [-0.1, -0.05) is 0 Å². The molecule has 1 rings (SSSR count). The van der Waals surface area contributed by atoms with Gasteiger partial charge in [-0.05, 0) is 24.3 Å². The summed E-state index contributed by atoms with van der Waals surface area (Å²) < 4.78 is 21.9. The SMILES string of the molecule is CN(C)C=Nc1ccc(S(=O)(=O)Cl)cc1. The first-order valence-electron chi connectivity index (χ1n) is 4.15. The second kappa shape index (κ2) is 4.63. The number of rotatable bonds is 3. The van der Waals surface area contributed by atoms with E-state index in [-0.39, 0.29) is 4.90 Å². The van der Waals surface area contributed by atoms with Crippen LogP contribution in [0.4, 0.5) is 5.69 Å². The van der Waals surface area contributed by atoms with E-state index >= 15 is 0 Å². The van der Waals surface area contributed by atoms with Gasteiger partial charge in [-0.25, -0.2) is 13.4 Å². The molecule has 0 bridgehead atoms. The number of halogens is 1. The van der Waals surface area contributed by atoms with Gasteiger partial charge < -0.3 is 4.90 Å². The maximum absolute atomic E-state index is 10.9. The topological polar surface area (TPSA) is 49.7 Å². The van der Waals surface area contributed by atoms with Crippen molar-refractivity contribution >= 4 is 31.8 Å². The summed E-state index contributed by atoms with van der Waals surface area (Å²) in [5.41, 5.74) is 0.674. The highest BCUT2D eigenvalue weighted by atomic mass is 35.7. The van der Waals surface area contributed by atoms with Crippen molar-refractivity contribution < 1.29 is 8.42 Å². The van der Waals surface area contributed by atoms with Crippen molar-refractivity contribution in [2.24, 2.45) is 4.99 Å². The van der Waals surface area contributed by atoms with Gasteiger partial charge in [0, 0.05) is 24.8 Å². The van der Waals surface area contributed by atoms with Crippen LogP contribution in [0.25, 0.3) is 0 Å². The lowest BCUT2D eigenvalue weighted by Gasteiger charge is -2.02. The van der Waals surface area contributed by atoms with E-state index < -0.39 is 9.05 Å². The third-order valence-corrected chi connectivity index (χ3v) is 2.93. The predicted molar refractivity (Wildman–Crippen MR) is 61.3 cm³/mol. The second-order valence-corrected chi connectivity index (χ2v) is 5.71. The fraction of sp³-hybridized carbons (Fsp3) is 0.222. The highest BCUT2D eigenvalue weighted by Crippen LogP contribution is 2.18. The van der Waals surface area contributed by atoms with Gasteiger partial charge in [0.15, 0.2) is 0 Å². The Morgan fingerprint density at radius 2 is 1.80 bits per heavy atom. The van der Waals surface area contributed by atoms with E-state index in [2.05, 4.69) is 4.99 Å². The molecule has 0 aliphatic heterocycles. The molecular formula is C9H11ClN2O2S. The summed E-state index contributed by atoms with van der Waals surface area (Å²) in [5, 5.41) is 0. The monoisotopic (exact) mass is 246 g/mol. The molecule has 0 aromatic heterocycles. The Hall–Kier alpha value is -1.07. The van der Waals surface area contributed by atoms with E-state index in [1.54, 1.807) is 23.4 Å². The third-order valence-electron chi connectivity index (χ3n) is 1.56. The summed E-state index contributed by atoms with van der Waals surface area (Å²) in [4.78, 5) is 5.95. The maximum Gasteiger partial charge on any atom is 0.261 e. The number of benzene rings is 1. The van der Waals surface area contributed by atoms with Crippen molar-refractivity contribution in [3.05, 3.63) is 24.3 Å². The van der Waals surface area contributed by atoms with Crippen molar-refractivity contribution in [3.8, 4) is 0 Å². The van der Waals surface area contributed by atoms with E-state index in [9.17, 15) is 8.42 Å². The van der Waals surface area contributed by atoms with E-state index in [0.29, 0.717) is 5.69 Å². The van der Waals surface area contributed by atoms with E-state index in [1.807, 2.05) is 14.1 Å². The van der Waals surface area contributed by atoms with Crippen molar-refractivity contribution in [1.29, 1.82) is 0 Å². The molecule has 6 heteroatoms. The largest absolute Gasteiger partial charge is 0.369 e. The van der Waals surface area contributed by atoms with Crippen LogP contribution < -0.4 is 0 Å². The molecule has 0 heterocycles. The Bertz CT molecular complexity index is 452. The smallest absolute Gasteiger partial charge is 0.261 e. The van der Waals surface area contributed by atoms with E-state index in [1.165, 1.54) is 12.1 Å². The first-order valence-corrected chi connectivity index (χ1v) is 6.46. The van der Waals surface area contributed by atoms with Crippen LogP contribution in [-0.2, 0) is 9.05 Å². The summed E-state index contributed by atoms with van der Waals surface area (Å²) in [7, 11) is 5.22. The molecule has 0 unspecified atom stereocenters. The van der Waals surface area contributed by atoms with Crippen LogP contribution in [0.2, 0.25) is 0 Å². The Morgan fingerprint density at radius 1 is 1.27 bits per heavy atom. The summed E-state index contributed by atoms with van der Waals surface area (Å²) in [6.07, 6.45) is 1.63. The van der Waals surface area contributed by atoms with Crippen LogP contribution in [0.5, 0.6) is 0 Å². The Balaban J connectivity index is 2.91. The number of hydrogen-bond acceptors (Lipinski definition) is 3. The van der Waals surface area contributed by atoms with Gasteiger partial charge in [-0.15, -0.1) is 0 Å². The zero-order chi connectivity index (χ0) is 11.5. The lowest BCUT2D eigenvalue weighted by Crippen LogP contribution is -2.06. The molecule has 15 heavy (non-hydrogen) atoms. The highest BCUT2D eigenvalue weighted by Gasteiger charge is 2.08. The molecule has 0 amide bonds. The molecule has 0 saturated heterocycles. The van der Waals surface area contributed by atoms with Crippen molar-refractivity contribution in [1.82, 2.24) is 4.90 Å². The molecule has 0 radical (unpaired) electrons. The Morgan fingerprint density at radius 3 is 2.20 bits per heavy atom. The van der Waals surface area contributed by atoms with Gasteiger partial charge in [-0.3, -0.25) is 0 Å². The lowest BCUT2D eigenvalue weighted by atomic mass is 10.3. The van der Waals surface area contributed by atoms with E-state index in [4.69, 9.17) is 10.7 Å². The summed E-state index contributed by atoms with van der Waals surface area (Å²) >= 11 is 0. The van der Waals surface area contributed by atoms with Crippen LogP contribution >= 0.6 is 10.7 Å².